The van der Waals surface area contributed by atoms with E-state index in [-0.39, 0.29) is 24.8 Å². The summed E-state index contributed by atoms with van der Waals surface area (Å²) >= 11 is 0. The van der Waals surface area contributed by atoms with Gasteiger partial charge in [-0.15, -0.1) is 24.8 Å². The highest BCUT2D eigenvalue weighted by Crippen LogP contribution is 2.23. The number of nitrogens with two attached hydrogens (primary N) is 2. The minimum atomic E-state index is 0. The summed E-state index contributed by atoms with van der Waals surface area (Å²) in [7, 11) is 0. The predicted octanol–water partition coefficient (Wildman–Crippen LogP) is 2.87. The van der Waals surface area contributed by atoms with Gasteiger partial charge in [0.05, 0.1) is 12.3 Å². The van der Waals surface area contributed by atoms with Gasteiger partial charge in [-0.2, -0.15) is 0 Å². The third kappa shape index (κ3) is 5.60. The molecule has 3 nitrogen and oxygen atoms in total. The molecule has 0 saturated carbocycles. The van der Waals surface area contributed by atoms with E-state index in [4.69, 9.17) is 16.2 Å². The van der Waals surface area contributed by atoms with Crippen molar-refractivity contribution in [1.29, 1.82) is 0 Å². The van der Waals surface area contributed by atoms with Gasteiger partial charge in [0.1, 0.15) is 5.75 Å². The molecule has 4 N–H and O–H groups in total. The Balaban J connectivity index is 0. The van der Waals surface area contributed by atoms with Crippen LogP contribution in [-0.2, 0) is 0 Å². The lowest BCUT2D eigenvalue weighted by Gasteiger charge is -2.08. The summed E-state index contributed by atoms with van der Waals surface area (Å²) in [6.45, 7) is 2.83. The quantitative estimate of drug-likeness (QED) is 0.640. The van der Waals surface area contributed by atoms with Crippen molar-refractivity contribution in [3.05, 3.63) is 18.2 Å². The summed E-state index contributed by atoms with van der Waals surface area (Å²) in [6, 6.07) is 5.30. The van der Waals surface area contributed by atoms with Crippen molar-refractivity contribution in [3.63, 3.8) is 0 Å². The lowest BCUT2D eigenvalue weighted by atomic mass is 10.2. The van der Waals surface area contributed by atoms with Crippen molar-refractivity contribution < 1.29 is 4.74 Å². The number of ether oxygens (including phenoxy) is 1. The molecule has 1 aromatic rings. The van der Waals surface area contributed by atoms with Crippen LogP contribution in [0.5, 0.6) is 5.75 Å². The maximum absolute atomic E-state index is 5.70. The van der Waals surface area contributed by atoms with Crippen LogP contribution in [0.25, 0.3) is 0 Å². The van der Waals surface area contributed by atoms with E-state index in [2.05, 4.69) is 6.92 Å². The van der Waals surface area contributed by atoms with Gasteiger partial charge in [0.2, 0.25) is 0 Å². The first-order valence-electron chi connectivity index (χ1n) is 4.52. The van der Waals surface area contributed by atoms with Crippen LogP contribution < -0.4 is 16.2 Å². The summed E-state index contributed by atoms with van der Waals surface area (Å²) in [5, 5.41) is 0. The molecule has 0 radical (unpaired) electrons. The van der Waals surface area contributed by atoms with Crippen molar-refractivity contribution in [2.75, 3.05) is 18.1 Å². The van der Waals surface area contributed by atoms with E-state index >= 15 is 0 Å². The molecule has 0 unspecified atom stereocenters. The van der Waals surface area contributed by atoms with Crippen molar-refractivity contribution in [2.45, 2.75) is 19.8 Å². The zero-order chi connectivity index (χ0) is 9.68. The van der Waals surface area contributed by atoms with Gasteiger partial charge in [0, 0.05) is 5.69 Å². The van der Waals surface area contributed by atoms with E-state index in [1.807, 2.05) is 0 Å². The van der Waals surface area contributed by atoms with Gasteiger partial charge in [-0.1, -0.05) is 13.3 Å². The first-order chi connectivity index (χ1) is 6.24. The molecule has 0 fully saturated rings. The van der Waals surface area contributed by atoms with Crippen LogP contribution in [-0.4, -0.2) is 6.61 Å². The van der Waals surface area contributed by atoms with Crippen molar-refractivity contribution in [1.82, 2.24) is 0 Å². The smallest absolute Gasteiger partial charge is 0.142 e. The summed E-state index contributed by atoms with van der Waals surface area (Å²) < 4.78 is 5.45. The molecule has 88 valence electrons. The van der Waals surface area contributed by atoms with Gasteiger partial charge >= 0.3 is 0 Å². The largest absolute Gasteiger partial charge is 0.491 e. The second-order valence-electron chi connectivity index (χ2n) is 3.00. The molecule has 1 aromatic carbocycles. The van der Waals surface area contributed by atoms with Crippen LogP contribution >= 0.6 is 24.8 Å². The zero-order valence-corrected chi connectivity index (χ0v) is 10.4. The van der Waals surface area contributed by atoms with Gasteiger partial charge in [-0.05, 0) is 24.6 Å². The van der Waals surface area contributed by atoms with Crippen molar-refractivity contribution in [2.24, 2.45) is 0 Å². The van der Waals surface area contributed by atoms with Gasteiger partial charge in [-0.25, -0.2) is 0 Å². The van der Waals surface area contributed by atoms with E-state index in [1.54, 1.807) is 18.2 Å². The molecule has 0 amide bonds. The summed E-state index contributed by atoms with van der Waals surface area (Å²) in [4.78, 5) is 0. The van der Waals surface area contributed by atoms with Gasteiger partial charge in [0.15, 0.2) is 0 Å². The molecule has 0 aliphatic carbocycles. The maximum atomic E-state index is 5.70. The number of halogens is 2. The highest BCUT2D eigenvalue weighted by atomic mass is 35.5. The summed E-state index contributed by atoms with van der Waals surface area (Å²) in [6.07, 6.45) is 2.17. The molecule has 15 heavy (non-hydrogen) atoms. The molecule has 0 aromatic heterocycles. The lowest BCUT2D eigenvalue weighted by molar-refractivity contribution is 0.311. The number of rotatable bonds is 4. The maximum Gasteiger partial charge on any atom is 0.142 e. The fourth-order valence-electron chi connectivity index (χ4n) is 1.02. The highest BCUT2D eigenvalue weighted by molar-refractivity contribution is 5.85. The van der Waals surface area contributed by atoms with Crippen LogP contribution in [0.15, 0.2) is 18.2 Å². The number of nitrogen functional groups attached to an aromatic ring is 2. The zero-order valence-electron chi connectivity index (χ0n) is 8.73. The van der Waals surface area contributed by atoms with Crippen molar-refractivity contribution >= 4 is 36.2 Å². The molecule has 5 heteroatoms. The SMILES string of the molecule is CCCCOc1ccc(N)cc1N.Cl.Cl. The Morgan fingerprint density at radius 3 is 2.40 bits per heavy atom. The third-order valence-corrected chi connectivity index (χ3v) is 1.79. The van der Waals surface area contributed by atoms with E-state index in [9.17, 15) is 0 Å². The molecule has 1 rings (SSSR count). The Hall–Kier alpha value is -0.800. The first kappa shape index (κ1) is 16.6. The number of hydrogen-bond donors (Lipinski definition) is 2. The minimum Gasteiger partial charge on any atom is -0.491 e. The van der Waals surface area contributed by atoms with E-state index in [0.717, 1.165) is 18.6 Å². The summed E-state index contributed by atoms with van der Waals surface area (Å²) in [5.74, 6) is 0.725. The number of benzene rings is 1. The average Bonchev–Trinajstić information content (AvgIpc) is 2.09. The first-order valence-corrected chi connectivity index (χ1v) is 4.52. The fourth-order valence-corrected chi connectivity index (χ4v) is 1.02. The molecule has 0 aliphatic rings. The molecular formula is C10H18Cl2N2O. The standard InChI is InChI=1S/C10H16N2O.2ClH/c1-2-3-6-13-10-5-4-8(11)7-9(10)12;;/h4-5,7H,2-3,6,11-12H2,1H3;2*1H. The molecule has 0 aliphatic heterocycles. The van der Waals surface area contributed by atoms with E-state index in [0.29, 0.717) is 18.0 Å². The minimum absolute atomic E-state index is 0. The van der Waals surface area contributed by atoms with Gasteiger partial charge < -0.3 is 16.2 Å². The van der Waals surface area contributed by atoms with Crippen LogP contribution in [0.2, 0.25) is 0 Å². The summed E-state index contributed by atoms with van der Waals surface area (Å²) in [5.41, 5.74) is 12.5. The molecule has 0 bridgehead atoms. The Bertz CT molecular complexity index is 282. The Morgan fingerprint density at radius 1 is 1.20 bits per heavy atom. The third-order valence-electron chi connectivity index (χ3n) is 1.79. The van der Waals surface area contributed by atoms with Gasteiger partial charge in [-0.3, -0.25) is 0 Å². The Labute approximate surface area is 103 Å². The molecule has 0 saturated heterocycles. The second kappa shape index (κ2) is 8.50. The van der Waals surface area contributed by atoms with Crippen LogP contribution in [0.3, 0.4) is 0 Å². The van der Waals surface area contributed by atoms with Crippen molar-refractivity contribution in [3.8, 4) is 5.75 Å². The molecule has 0 spiro atoms. The monoisotopic (exact) mass is 252 g/mol. The molecule has 0 atom stereocenters. The molecule has 0 heterocycles. The van der Waals surface area contributed by atoms with Crippen LogP contribution in [0.1, 0.15) is 19.8 Å². The number of unbranched alkanes of at least 4 members (excludes halogenated alkanes) is 1. The topological polar surface area (TPSA) is 61.3 Å². The second-order valence-corrected chi connectivity index (χ2v) is 3.00. The Kier molecular flexibility index (Phi) is 9.42. The molecular weight excluding hydrogens is 235 g/mol. The number of anilines is 2. The number of hydrogen-bond acceptors (Lipinski definition) is 3. The lowest BCUT2D eigenvalue weighted by Crippen LogP contribution is -2.00. The Morgan fingerprint density at radius 2 is 1.87 bits per heavy atom. The van der Waals surface area contributed by atoms with E-state index in [1.165, 1.54) is 0 Å². The van der Waals surface area contributed by atoms with Crippen LogP contribution in [0.4, 0.5) is 11.4 Å². The average molecular weight is 253 g/mol. The van der Waals surface area contributed by atoms with E-state index < -0.39 is 0 Å². The fraction of sp³-hybridized carbons (Fsp3) is 0.400. The highest BCUT2D eigenvalue weighted by Gasteiger charge is 1.99. The predicted molar refractivity (Wildman–Crippen MR) is 70.2 cm³/mol. The van der Waals surface area contributed by atoms with Crippen LogP contribution in [0, 0.1) is 0 Å². The van der Waals surface area contributed by atoms with Gasteiger partial charge in [0.25, 0.3) is 0 Å². The normalized spacial score (nSPS) is 8.60.